The first-order valence-electron chi connectivity index (χ1n) is 5.28. The minimum absolute atomic E-state index is 0.0434. The van der Waals surface area contributed by atoms with E-state index < -0.39 is 11.9 Å². The van der Waals surface area contributed by atoms with Gasteiger partial charge in [-0.3, -0.25) is 4.79 Å². The SMILES string of the molecule is Cc1cc(C(=O)Nc2ccc(O)cc2C(=O)O)no1. The highest BCUT2D eigenvalue weighted by molar-refractivity contribution is 6.06. The zero-order valence-corrected chi connectivity index (χ0v) is 9.88. The maximum atomic E-state index is 11.8. The van der Waals surface area contributed by atoms with Crippen molar-refractivity contribution in [3.05, 3.63) is 41.3 Å². The first-order chi connectivity index (χ1) is 8.97. The van der Waals surface area contributed by atoms with Crippen molar-refractivity contribution in [2.24, 2.45) is 0 Å². The summed E-state index contributed by atoms with van der Waals surface area (Å²) in [6.45, 7) is 1.63. The zero-order chi connectivity index (χ0) is 14.0. The van der Waals surface area contributed by atoms with Crippen molar-refractivity contribution in [1.29, 1.82) is 0 Å². The number of benzene rings is 1. The smallest absolute Gasteiger partial charge is 0.337 e. The number of carboxylic acids is 1. The lowest BCUT2D eigenvalue weighted by Crippen LogP contribution is -2.15. The second-order valence-corrected chi connectivity index (χ2v) is 3.81. The topological polar surface area (TPSA) is 113 Å². The number of nitrogens with zero attached hydrogens (tertiary/aromatic N) is 1. The van der Waals surface area contributed by atoms with Crippen LogP contribution in [0, 0.1) is 6.92 Å². The van der Waals surface area contributed by atoms with Gasteiger partial charge in [-0.05, 0) is 25.1 Å². The Kier molecular flexibility index (Phi) is 3.19. The maximum Gasteiger partial charge on any atom is 0.337 e. The van der Waals surface area contributed by atoms with E-state index >= 15 is 0 Å². The largest absolute Gasteiger partial charge is 0.508 e. The number of amides is 1. The molecule has 0 bridgehead atoms. The van der Waals surface area contributed by atoms with Gasteiger partial charge in [0.05, 0.1) is 11.3 Å². The van der Waals surface area contributed by atoms with Crippen LogP contribution in [0.4, 0.5) is 5.69 Å². The molecule has 1 amide bonds. The summed E-state index contributed by atoms with van der Waals surface area (Å²) in [6.07, 6.45) is 0. The third kappa shape index (κ3) is 2.71. The Balaban J connectivity index is 2.28. The van der Waals surface area contributed by atoms with Crippen LogP contribution in [0.25, 0.3) is 0 Å². The second-order valence-electron chi connectivity index (χ2n) is 3.81. The summed E-state index contributed by atoms with van der Waals surface area (Å²) in [5, 5.41) is 24.1. The lowest BCUT2D eigenvalue weighted by atomic mass is 10.1. The number of carboxylic acid groups (broad SMARTS) is 1. The predicted molar refractivity (Wildman–Crippen MR) is 64.3 cm³/mol. The van der Waals surface area contributed by atoms with Crippen LogP contribution in [0.2, 0.25) is 0 Å². The quantitative estimate of drug-likeness (QED) is 0.725. The highest BCUT2D eigenvalue weighted by atomic mass is 16.5. The normalized spacial score (nSPS) is 10.2. The monoisotopic (exact) mass is 262 g/mol. The van der Waals surface area contributed by atoms with E-state index in [0.717, 1.165) is 6.07 Å². The van der Waals surface area contributed by atoms with Crippen molar-refractivity contribution < 1.29 is 24.3 Å². The molecule has 0 aliphatic heterocycles. The van der Waals surface area contributed by atoms with Crippen molar-refractivity contribution in [3.8, 4) is 5.75 Å². The third-order valence-corrected chi connectivity index (χ3v) is 2.34. The molecule has 0 fully saturated rings. The third-order valence-electron chi connectivity index (χ3n) is 2.34. The number of aromatic carboxylic acids is 1. The maximum absolute atomic E-state index is 11.8. The van der Waals surface area contributed by atoms with Crippen molar-refractivity contribution in [2.75, 3.05) is 5.32 Å². The molecule has 98 valence electrons. The van der Waals surface area contributed by atoms with E-state index in [2.05, 4.69) is 10.5 Å². The highest BCUT2D eigenvalue weighted by Crippen LogP contribution is 2.21. The molecule has 0 saturated heterocycles. The molecule has 2 rings (SSSR count). The number of hydrogen-bond acceptors (Lipinski definition) is 5. The molecule has 0 unspecified atom stereocenters. The molecule has 1 aromatic carbocycles. The van der Waals surface area contributed by atoms with Crippen LogP contribution < -0.4 is 5.32 Å². The number of aryl methyl sites for hydroxylation is 1. The predicted octanol–water partition coefficient (Wildman–Crippen LogP) is 1.64. The number of hydrogen-bond donors (Lipinski definition) is 3. The van der Waals surface area contributed by atoms with Gasteiger partial charge < -0.3 is 20.1 Å². The van der Waals surface area contributed by atoms with Gasteiger partial charge in [-0.1, -0.05) is 5.16 Å². The first kappa shape index (κ1) is 12.6. The van der Waals surface area contributed by atoms with E-state index in [4.69, 9.17) is 9.63 Å². The van der Waals surface area contributed by atoms with Gasteiger partial charge in [0, 0.05) is 6.07 Å². The number of rotatable bonds is 3. The van der Waals surface area contributed by atoms with Crippen molar-refractivity contribution in [1.82, 2.24) is 5.16 Å². The van der Waals surface area contributed by atoms with Crippen LogP contribution in [0.15, 0.2) is 28.8 Å². The van der Waals surface area contributed by atoms with Gasteiger partial charge in [0.1, 0.15) is 11.5 Å². The Morgan fingerprint density at radius 2 is 2.05 bits per heavy atom. The van der Waals surface area contributed by atoms with E-state index in [-0.39, 0.29) is 22.7 Å². The molecule has 1 heterocycles. The molecule has 7 nitrogen and oxygen atoms in total. The molecule has 0 radical (unpaired) electrons. The Bertz CT molecular complexity index is 647. The van der Waals surface area contributed by atoms with Crippen LogP contribution in [0.5, 0.6) is 5.75 Å². The van der Waals surface area contributed by atoms with Crippen LogP contribution in [-0.4, -0.2) is 27.2 Å². The van der Waals surface area contributed by atoms with Crippen molar-refractivity contribution in [3.63, 3.8) is 0 Å². The lowest BCUT2D eigenvalue weighted by Gasteiger charge is -2.07. The van der Waals surface area contributed by atoms with Gasteiger partial charge in [-0.15, -0.1) is 0 Å². The molecule has 0 spiro atoms. The molecule has 0 aliphatic rings. The number of carbonyl (C=O) groups is 2. The van der Waals surface area contributed by atoms with Gasteiger partial charge in [0.25, 0.3) is 5.91 Å². The Morgan fingerprint density at radius 1 is 1.32 bits per heavy atom. The summed E-state index contributed by atoms with van der Waals surface area (Å²) in [5.41, 5.74) is -0.105. The molecule has 1 aromatic heterocycles. The van der Waals surface area contributed by atoms with Gasteiger partial charge in [-0.25, -0.2) is 4.79 Å². The van der Waals surface area contributed by atoms with E-state index in [1.165, 1.54) is 18.2 Å². The summed E-state index contributed by atoms with van der Waals surface area (Å²) < 4.78 is 4.75. The van der Waals surface area contributed by atoms with Crippen molar-refractivity contribution >= 4 is 17.6 Å². The number of aromatic nitrogens is 1. The van der Waals surface area contributed by atoms with Crippen LogP contribution in [-0.2, 0) is 0 Å². The molecule has 0 saturated carbocycles. The molecule has 7 heteroatoms. The van der Waals surface area contributed by atoms with Crippen LogP contribution in [0.1, 0.15) is 26.6 Å². The van der Waals surface area contributed by atoms with E-state index in [0.29, 0.717) is 5.76 Å². The van der Waals surface area contributed by atoms with Crippen molar-refractivity contribution in [2.45, 2.75) is 6.92 Å². The number of carbonyl (C=O) groups excluding carboxylic acids is 1. The van der Waals surface area contributed by atoms with Gasteiger partial charge >= 0.3 is 5.97 Å². The zero-order valence-electron chi connectivity index (χ0n) is 9.88. The molecular formula is C12H10N2O5. The summed E-state index contributed by atoms with van der Waals surface area (Å²) in [7, 11) is 0. The van der Waals surface area contributed by atoms with Gasteiger partial charge in [0.15, 0.2) is 5.69 Å². The molecular weight excluding hydrogens is 252 g/mol. The number of phenols is 1. The van der Waals surface area contributed by atoms with E-state index in [9.17, 15) is 14.7 Å². The fourth-order valence-corrected chi connectivity index (χ4v) is 1.48. The average molecular weight is 262 g/mol. The van der Waals surface area contributed by atoms with Crippen LogP contribution >= 0.6 is 0 Å². The summed E-state index contributed by atoms with van der Waals surface area (Å²) in [5.74, 6) is -1.59. The fraction of sp³-hybridized carbons (Fsp3) is 0.0833. The average Bonchev–Trinajstić information content (AvgIpc) is 2.78. The standard InChI is InChI=1S/C12H10N2O5/c1-6-4-10(14-19-6)11(16)13-9-3-2-7(15)5-8(9)12(17)18/h2-5,15H,1H3,(H,13,16)(H,17,18). The molecule has 2 aromatic rings. The minimum atomic E-state index is -1.26. The van der Waals surface area contributed by atoms with Gasteiger partial charge in [0.2, 0.25) is 0 Å². The lowest BCUT2D eigenvalue weighted by molar-refractivity contribution is 0.0697. The molecule has 3 N–H and O–H groups in total. The number of aromatic hydroxyl groups is 1. The molecule has 0 aliphatic carbocycles. The van der Waals surface area contributed by atoms with E-state index in [1.54, 1.807) is 6.92 Å². The molecule has 0 atom stereocenters. The molecule has 19 heavy (non-hydrogen) atoms. The Hall–Kier alpha value is -2.83. The highest BCUT2D eigenvalue weighted by Gasteiger charge is 2.16. The Morgan fingerprint density at radius 3 is 2.63 bits per heavy atom. The fourth-order valence-electron chi connectivity index (χ4n) is 1.48. The number of phenolic OH excluding ortho intramolecular Hbond substituents is 1. The second kappa shape index (κ2) is 4.81. The minimum Gasteiger partial charge on any atom is -0.508 e. The summed E-state index contributed by atoms with van der Waals surface area (Å²) >= 11 is 0. The van der Waals surface area contributed by atoms with Crippen LogP contribution in [0.3, 0.4) is 0 Å². The first-order valence-corrected chi connectivity index (χ1v) is 5.28. The number of anilines is 1. The van der Waals surface area contributed by atoms with E-state index in [1.807, 2.05) is 0 Å². The summed E-state index contributed by atoms with van der Waals surface area (Å²) in [4.78, 5) is 22.8. The summed E-state index contributed by atoms with van der Waals surface area (Å²) in [6, 6.07) is 5.04. The van der Waals surface area contributed by atoms with Gasteiger partial charge in [-0.2, -0.15) is 0 Å². The Labute approximate surface area is 107 Å². The number of nitrogens with one attached hydrogen (secondary N) is 1.